The van der Waals surface area contributed by atoms with Crippen molar-refractivity contribution in [1.29, 1.82) is 0 Å². The van der Waals surface area contributed by atoms with Crippen LogP contribution in [0.3, 0.4) is 0 Å². The lowest BCUT2D eigenvalue weighted by Crippen LogP contribution is -2.31. The van der Waals surface area contributed by atoms with Gasteiger partial charge in [-0.05, 0) is 34.0 Å². The zero-order valence-corrected chi connectivity index (χ0v) is 10.4. The fraction of sp³-hybridized carbons (Fsp3) is 0.778. The number of hydrogen-bond acceptors (Lipinski definition) is 4. The molecule has 0 atom stereocenters. The van der Waals surface area contributed by atoms with Gasteiger partial charge in [0, 0.05) is 7.05 Å². The van der Waals surface area contributed by atoms with Crippen LogP contribution in [0.5, 0.6) is 0 Å². The molecule has 82 valence electrons. The van der Waals surface area contributed by atoms with E-state index in [1.54, 1.807) is 7.05 Å². The summed E-state index contributed by atoms with van der Waals surface area (Å²) in [7, 11) is 1.58. The Bertz CT molecular complexity index is 233. The Morgan fingerprint density at radius 2 is 1.93 bits per heavy atom. The Kier molecular flexibility index (Phi) is 4.97. The number of hydrogen-bond donors (Lipinski definition) is 0. The molecule has 0 unspecified atom stereocenters. The van der Waals surface area contributed by atoms with Crippen molar-refractivity contribution in [2.45, 2.75) is 33.3 Å². The van der Waals surface area contributed by atoms with Gasteiger partial charge in [-0.2, -0.15) is 5.10 Å². The summed E-state index contributed by atoms with van der Waals surface area (Å²) in [5.41, 5.74) is -0.478. The average molecular weight is 218 g/mol. The maximum absolute atomic E-state index is 11.4. The minimum absolute atomic E-state index is 0.439. The summed E-state index contributed by atoms with van der Waals surface area (Å²) >= 11 is 1.49. The van der Waals surface area contributed by atoms with Gasteiger partial charge in [-0.3, -0.25) is 0 Å². The predicted octanol–water partition coefficient (Wildman–Crippen LogP) is 2.55. The SMILES string of the molecule is CSC(C)=NN(C)C(=O)OC(C)(C)C. The summed E-state index contributed by atoms with van der Waals surface area (Å²) in [5.74, 6) is 0. The van der Waals surface area contributed by atoms with Crippen LogP contribution in [0.15, 0.2) is 5.10 Å². The zero-order chi connectivity index (χ0) is 11.4. The normalized spacial score (nSPS) is 12.6. The molecule has 5 heteroatoms. The van der Waals surface area contributed by atoms with Crippen molar-refractivity contribution < 1.29 is 9.53 Å². The first kappa shape index (κ1) is 13.3. The molecule has 0 aromatic rings. The minimum Gasteiger partial charge on any atom is -0.442 e. The first-order valence-electron chi connectivity index (χ1n) is 4.32. The quantitative estimate of drug-likeness (QED) is 0.386. The molecule has 0 aromatic carbocycles. The third-order valence-electron chi connectivity index (χ3n) is 1.24. The van der Waals surface area contributed by atoms with E-state index >= 15 is 0 Å². The van der Waals surface area contributed by atoms with Gasteiger partial charge < -0.3 is 4.74 Å². The standard InChI is InChI=1S/C9H18N2O2S/c1-7(14-6)10-11(5)8(12)13-9(2,3)4/h1-6H3. The lowest BCUT2D eigenvalue weighted by atomic mass is 10.2. The molecule has 1 amide bonds. The number of thioether (sulfide) groups is 1. The first-order valence-corrected chi connectivity index (χ1v) is 5.54. The van der Waals surface area contributed by atoms with Crippen LogP contribution in [0.2, 0.25) is 0 Å². The van der Waals surface area contributed by atoms with Crippen molar-refractivity contribution >= 4 is 22.9 Å². The number of nitrogens with zero attached hydrogens (tertiary/aromatic N) is 2. The molecule has 0 aromatic heterocycles. The topological polar surface area (TPSA) is 41.9 Å². The summed E-state index contributed by atoms with van der Waals surface area (Å²) in [6.07, 6.45) is 1.47. The largest absolute Gasteiger partial charge is 0.442 e. The predicted molar refractivity (Wildman–Crippen MR) is 60.6 cm³/mol. The molecule has 0 radical (unpaired) electrons. The molecule has 0 aliphatic rings. The van der Waals surface area contributed by atoms with Crippen LogP contribution in [0, 0.1) is 0 Å². The summed E-state index contributed by atoms with van der Waals surface area (Å²) < 4.78 is 5.12. The number of carbonyl (C=O) groups excluding carboxylic acids is 1. The minimum atomic E-state index is -0.478. The second-order valence-corrected chi connectivity index (χ2v) is 4.83. The smallest absolute Gasteiger partial charge is 0.430 e. The number of hydrazone groups is 1. The lowest BCUT2D eigenvalue weighted by Gasteiger charge is -2.22. The summed E-state index contributed by atoms with van der Waals surface area (Å²) in [6.45, 7) is 7.31. The van der Waals surface area contributed by atoms with Gasteiger partial charge in [-0.1, -0.05) is 0 Å². The second kappa shape index (κ2) is 5.24. The van der Waals surface area contributed by atoms with Gasteiger partial charge in [0.1, 0.15) is 5.60 Å². The Labute approximate surface area is 89.7 Å². The van der Waals surface area contributed by atoms with Gasteiger partial charge in [-0.25, -0.2) is 9.80 Å². The Hall–Kier alpha value is -0.710. The van der Waals surface area contributed by atoms with Crippen molar-refractivity contribution in [2.75, 3.05) is 13.3 Å². The number of amides is 1. The van der Waals surface area contributed by atoms with Gasteiger partial charge in [0.05, 0.1) is 5.04 Å². The van der Waals surface area contributed by atoms with Gasteiger partial charge in [0.15, 0.2) is 0 Å². The molecule has 4 nitrogen and oxygen atoms in total. The molecule has 0 saturated heterocycles. The molecule has 0 saturated carbocycles. The van der Waals surface area contributed by atoms with E-state index in [0.29, 0.717) is 0 Å². The highest BCUT2D eigenvalue weighted by atomic mass is 32.2. The van der Waals surface area contributed by atoms with Crippen LogP contribution >= 0.6 is 11.8 Å². The fourth-order valence-corrected chi connectivity index (χ4v) is 0.825. The van der Waals surface area contributed by atoms with E-state index in [2.05, 4.69) is 5.10 Å². The van der Waals surface area contributed by atoms with E-state index in [9.17, 15) is 4.79 Å². The molecule has 0 bridgehead atoms. The maximum atomic E-state index is 11.4. The Morgan fingerprint density at radius 3 is 2.29 bits per heavy atom. The van der Waals surface area contributed by atoms with Crippen molar-refractivity contribution in [3.8, 4) is 0 Å². The Morgan fingerprint density at radius 1 is 1.43 bits per heavy atom. The molecule has 0 heterocycles. The van der Waals surface area contributed by atoms with E-state index in [4.69, 9.17) is 4.74 Å². The van der Waals surface area contributed by atoms with E-state index in [1.165, 1.54) is 16.8 Å². The second-order valence-electron chi connectivity index (χ2n) is 3.83. The highest BCUT2D eigenvalue weighted by molar-refractivity contribution is 8.13. The molecule has 0 fully saturated rings. The molecular weight excluding hydrogens is 200 g/mol. The summed E-state index contributed by atoms with van der Waals surface area (Å²) in [4.78, 5) is 11.4. The van der Waals surface area contributed by atoms with Crippen LogP contribution in [0.4, 0.5) is 4.79 Å². The maximum Gasteiger partial charge on any atom is 0.430 e. The third-order valence-corrected chi connectivity index (χ3v) is 1.92. The van der Waals surface area contributed by atoms with Crippen LogP contribution < -0.4 is 0 Å². The van der Waals surface area contributed by atoms with E-state index in [1.807, 2.05) is 34.0 Å². The van der Waals surface area contributed by atoms with E-state index in [0.717, 1.165) is 5.04 Å². The van der Waals surface area contributed by atoms with Crippen LogP contribution in [0.25, 0.3) is 0 Å². The monoisotopic (exact) mass is 218 g/mol. The summed E-state index contributed by atoms with van der Waals surface area (Å²) in [5, 5.41) is 6.04. The number of carbonyl (C=O) groups is 1. The van der Waals surface area contributed by atoms with Gasteiger partial charge >= 0.3 is 6.09 Å². The molecule has 14 heavy (non-hydrogen) atoms. The van der Waals surface area contributed by atoms with Crippen LogP contribution in [-0.4, -0.2) is 35.1 Å². The van der Waals surface area contributed by atoms with E-state index in [-0.39, 0.29) is 0 Å². The number of rotatable bonds is 1. The third kappa shape index (κ3) is 5.85. The molecule has 0 rings (SSSR count). The van der Waals surface area contributed by atoms with Crippen molar-refractivity contribution in [3.63, 3.8) is 0 Å². The van der Waals surface area contributed by atoms with Crippen LogP contribution in [-0.2, 0) is 4.74 Å². The zero-order valence-electron chi connectivity index (χ0n) is 9.62. The van der Waals surface area contributed by atoms with Gasteiger partial charge in [0.25, 0.3) is 0 Å². The summed E-state index contributed by atoms with van der Waals surface area (Å²) in [6, 6.07) is 0. The average Bonchev–Trinajstić information content (AvgIpc) is 2.00. The molecule has 0 aliphatic carbocycles. The van der Waals surface area contributed by atoms with Gasteiger partial charge in [0.2, 0.25) is 0 Å². The molecule has 0 spiro atoms. The van der Waals surface area contributed by atoms with E-state index < -0.39 is 11.7 Å². The molecule has 0 N–H and O–H groups in total. The van der Waals surface area contributed by atoms with Crippen molar-refractivity contribution in [1.82, 2.24) is 5.01 Å². The molecular formula is C9H18N2O2S. The fourth-order valence-electron chi connectivity index (χ4n) is 0.621. The van der Waals surface area contributed by atoms with Gasteiger partial charge in [-0.15, -0.1) is 11.8 Å². The highest BCUT2D eigenvalue weighted by Gasteiger charge is 2.19. The molecule has 0 aliphatic heterocycles. The lowest BCUT2D eigenvalue weighted by molar-refractivity contribution is 0.0303. The van der Waals surface area contributed by atoms with Crippen molar-refractivity contribution in [3.05, 3.63) is 0 Å². The Balaban J connectivity index is 4.27. The highest BCUT2D eigenvalue weighted by Crippen LogP contribution is 2.09. The van der Waals surface area contributed by atoms with Crippen molar-refractivity contribution in [2.24, 2.45) is 5.10 Å². The van der Waals surface area contributed by atoms with Crippen LogP contribution in [0.1, 0.15) is 27.7 Å². The first-order chi connectivity index (χ1) is 6.26. The number of ether oxygens (including phenoxy) is 1.